The number of hydrogen-bond donors (Lipinski definition) is 2. The second kappa shape index (κ2) is 8.57. The third-order valence-electron chi connectivity index (χ3n) is 5.91. The Kier molecular flexibility index (Phi) is 5.70. The van der Waals surface area contributed by atoms with E-state index in [-0.39, 0.29) is 29.0 Å². The normalized spacial score (nSPS) is 18.8. The Bertz CT molecular complexity index is 1160. The van der Waals surface area contributed by atoms with E-state index < -0.39 is 0 Å². The highest BCUT2D eigenvalue weighted by molar-refractivity contribution is 5.92. The van der Waals surface area contributed by atoms with Crippen LogP contribution in [0.25, 0.3) is 10.9 Å². The van der Waals surface area contributed by atoms with Crippen molar-refractivity contribution in [2.45, 2.75) is 32.2 Å². The number of rotatable bonds is 5. The number of fused-ring (bicyclic) bond motifs is 1. The van der Waals surface area contributed by atoms with Crippen LogP contribution in [0.3, 0.4) is 0 Å². The predicted octanol–water partition coefficient (Wildman–Crippen LogP) is 3.14. The van der Waals surface area contributed by atoms with Crippen LogP contribution < -0.4 is 21.3 Å². The molecule has 4 rings (SSSR count). The number of carbonyl (C=O) groups excluding carboxylic acids is 1. The van der Waals surface area contributed by atoms with Crippen LogP contribution in [0.5, 0.6) is 5.75 Å². The zero-order valence-electron chi connectivity index (χ0n) is 16.9. The van der Waals surface area contributed by atoms with E-state index in [0.29, 0.717) is 17.4 Å². The molecule has 2 N–H and O–H groups in total. The Morgan fingerprint density at radius 3 is 2.47 bits per heavy atom. The van der Waals surface area contributed by atoms with Crippen LogP contribution in [0.4, 0.5) is 5.69 Å². The summed E-state index contributed by atoms with van der Waals surface area (Å²) in [6.45, 7) is 0.381. The van der Waals surface area contributed by atoms with Crippen LogP contribution in [0, 0.1) is 11.8 Å². The Hall–Kier alpha value is -3.35. The zero-order valence-corrected chi connectivity index (χ0v) is 16.9. The highest BCUT2D eigenvalue weighted by Crippen LogP contribution is 2.30. The van der Waals surface area contributed by atoms with Crippen molar-refractivity contribution in [2.24, 2.45) is 11.8 Å². The second-order valence-corrected chi connectivity index (χ2v) is 7.83. The van der Waals surface area contributed by atoms with Gasteiger partial charge in [0.1, 0.15) is 5.75 Å². The first-order valence-electron chi connectivity index (χ1n) is 10.2. The smallest absolute Gasteiger partial charge is 0.328 e. The molecule has 7 nitrogen and oxygen atoms in total. The van der Waals surface area contributed by atoms with E-state index in [2.05, 4.69) is 10.3 Å². The first-order chi connectivity index (χ1) is 14.5. The highest BCUT2D eigenvalue weighted by atomic mass is 16.5. The number of anilines is 1. The number of amides is 1. The molecule has 1 aliphatic carbocycles. The predicted molar refractivity (Wildman–Crippen MR) is 116 cm³/mol. The number of nitrogens with one attached hydrogen (secondary N) is 2. The number of methoxy groups -OCH3 is 1. The molecular formula is C23H25N3O4. The average molecular weight is 407 g/mol. The van der Waals surface area contributed by atoms with Gasteiger partial charge in [-0.2, -0.15) is 0 Å². The first-order valence-corrected chi connectivity index (χ1v) is 10.2. The van der Waals surface area contributed by atoms with Gasteiger partial charge in [-0.15, -0.1) is 0 Å². The minimum atomic E-state index is -0.377. The molecule has 30 heavy (non-hydrogen) atoms. The molecular weight excluding hydrogens is 382 g/mol. The Morgan fingerprint density at radius 2 is 1.77 bits per heavy atom. The molecule has 0 atom stereocenters. The summed E-state index contributed by atoms with van der Waals surface area (Å²) in [4.78, 5) is 40.5. The van der Waals surface area contributed by atoms with E-state index in [4.69, 9.17) is 4.74 Å². The van der Waals surface area contributed by atoms with Gasteiger partial charge in [-0.25, -0.2) is 4.79 Å². The maximum absolute atomic E-state index is 12.7. The van der Waals surface area contributed by atoms with Crippen LogP contribution in [0.2, 0.25) is 0 Å². The monoisotopic (exact) mass is 407 g/mol. The lowest BCUT2D eigenvalue weighted by atomic mass is 9.81. The topological polar surface area (TPSA) is 93.2 Å². The average Bonchev–Trinajstić information content (AvgIpc) is 2.77. The molecule has 0 radical (unpaired) electrons. The third-order valence-corrected chi connectivity index (χ3v) is 5.91. The van der Waals surface area contributed by atoms with Gasteiger partial charge in [-0.05, 0) is 68.0 Å². The molecule has 0 unspecified atom stereocenters. The van der Waals surface area contributed by atoms with E-state index in [1.165, 1.54) is 4.57 Å². The largest absolute Gasteiger partial charge is 0.497 e. The number of aromatic amines is 1. The van der Waals surface area contributed by atoms with Gasteiger partial charge in [0.05, 0.1) is 18.0 Å². The van der Waals surface area contributed by atoms with Crippen molar-refractivity contribution < 1.29 is 9.53 Å². The summed E-state index contributed by atoms with van der Waals surface area (Å²) < 4.78 is 6.43. The summed E-state index contributed by atoms with van der Waals surface area (Å²) in [6, 6.07) is 14.3. The van der Waals surface area contributed by atoms with Gasteiger partial charge >= 0.3 is 5.69 Å². The van der Waals surface area contributed by atoms with E-state index in [1.54, 1.807) is 31.4 Å². The first kappa shape index (κ1) is 19.9. The number of nitrogens with zero attached hydrogens (tertiary/aromatic N) is 1. The molecule has 3 aromatic rings. The van der Waals surface area contributed by atoms with Crippen molar-refractivity contribution in [1.29, 1.82) is 0 Å². The van der Waals surface area contributed by atoms with Crippen LogP contribution in [0.1, 0.15) is 25.7 Å². The number of aromatic nitrogens is 2. The molecule has 0 saturated heterocycles. The van der Waals surface area contributed by atoms with Crippen LogP contribution in [-0.4, -0.2) is 22.6 Å². The summed E-state index contributed by atoms with van der Waals surface area (Å²) in [7, 11) is 1.60. The summed E-state index contributed by atoms with van der Waals surface area (Å²) in [5.74, 6) is 0.900. The minimum Gasteiger partial charge on any atom is -0.497 e. The molecule has 1 fully saturated rings. The van der Waals surface area contributed by atoms with Crippen molar-refractivity contribution in [3.63, 3.8) is 0 Å². The number of hydrogen-bond acceptors (Lipinski definition) is 4. The number of para-hydroxylation sites is 1. The van der Waals surface area contributed by atoms with E-state index in [9.17, 15) is 14.4 Å². The SMILES string of the molecule is COc1ccc(NC(=O)C2CCC(Cn3c(=O)[nH]c4ccccc4c3=O)CC2)cc1. The number of benzene rings is 2. The fourth-order valence-corrected chi connectivity index (χ4v) is 4.15. The fourth-order valence-electron chi connectivity index (χ4n) is 4.15. The van der Waals surface area contributed by atoms with Crippen molar-refractivity contribution >= 4 is 22.5 Å². The lowest BCUT2D eigenvalue weighted by Gasteiger charge is -2.28. The van der Waals surface area contributed by atoms with Gasteiger partial charge in [0.25, 0.3) is 5.56 Å². The maximum Gasteiger partial charge on any atom is 0.328 e. The maximum atomic E-state index is 12.7. The van der Waals surface area contributed by atoms with Gasteiger partial charge in [-0.3, -0.25) is 14.2 Å². The lowest BCUT2D eigenvalue weighted by Crippen LogP contribution is -2.38. The quantitative estimate of drug-likeness (QED) is 0.680. The van der Waals surface area contributed by atoms with Gasteiger partial charge in [0, 0.05) is 18.2 Å². The molecule has 2 aromatic carbocycles. The lowest BCUT2D eigenvalue weighted by molar-refractivity contribution is -0.121. The summed E-state index contributed by atoms with van der Waals surface area (Å²) >= 11 is 0. The Balaban J connectivity index is 1.38. The highest BCUT2D eigenvalue weighted by Gasteiger charge is 2.27. The van der Waals surface area contributed by atoms with E-state index in [0.717, 1.165) is 37.1 Å². The van der Waals surface area contributed by atoms with Gasteiger partial charge in [0.2, 0.25) is 5.91 Å². The van der Waals surface area contributed by atoms with Gasteiger partial charge in [0.15, 0.2) is 0 Å². The van der Waals surface area contributed by atoms with Crippen LogP contribution in [-0.2, 0) is 11.3 Å². The Labute approximate surface area is 173 Å². The molecule has 1 aliphatic rings. The summed E-state index contributed by atoms with van der Waals surface area (Å²) in [6.07, 6.45) is 3.10. The van der Waals surface area contributed by atoms with Gasteiger partial charge < -0.3 is 15.0 Å². The molecule has 156 valence electrons. The molecule has 1 saturated carbocycles. The molecule has 1 aromatic heterocycles. The molecule has 1 heterocycles. The fraction of sp³-hybridized carbons (Fsp3) is 0.348. The summed E-state index contributed by atoms with van der Waals surface area (Å²) in [5, 5.41) is 3.48. The van der Waals surface area contributed by atoms with E-state index >= 15 is 0 Å². The number of H-pyrrole nitrogens is 1. The molecule has 1 amide bonds. The van der Waals surface area contributed by atoms with E-state index in [1.807, 2.05) is 24.3 Å². The summed E-state index contributed by atoms with van der Waals surface area (Å²) in [5.41, 5.74) is 0.673. The molecule has 0 spiro atoms. The minimum absolute atomic E-state index is 0.0133. The number of carbonyl (C=O) groups is 1. The van der Waals surface area contributed by atoms with Crippen LogP contribution >= 0.6 is 0 Å². The number of ether oxygens (including phenoxy) is 1. The molecule has 0 bridgehead atoms. The third kappa shape index (κ3) is 4.15. The van der Waals surface area contributed by atoms with Crippen molar-refractivity contribution in [2.75, 3.05) is 12.4 Å². The molecule has 0 aliphatic heterocycles. The van der Waals surface area contributed by atoms with Crippen LogP contribution in [0.15, 0.2) is 58.1 Å². The standard InChI is InChI=1S/C23H25N3O4/c1-30-18-12-10-17(11-13-18)24-21(27)16-8-6-15(7-9-16)14-26-22(28)19-4-2-3-5-20(19)25-23(26)29/h2-5,10-13,15-16H,6-9,14H2,1H3,(H,24,27)(H,25,29). The van der Waals surface area contributed by atoms with Crippen molar-refractivity contribution in [1.82, 2.24) is 9.55 Å². The molecule has 7 heteroatoms. The van der Waals surface area contributed by atoms with Crippen molar-refractivity contribution in [3.8, 4) is 5.75 Å². The van der Waals surface area contributed by atoms with Gasteiger partial charge in [-0.1, -0.05) is 12.1 Å². The Morgan fingerprint density at radius 1 is 1.07 bits per heavy atom. The zero-order chi connectivity index (χ0) is 21.1. The van der Waals surface area contributed by atoms with Crippen molar-refractivity contribution in [3.05, 3.63) is 69.4 Å². The second-order valence-electron chi connectivity index (χ2n) is 7.83.